The Morgan fingerprint density at radius 2 is 1.41 bits per heavy atom. The van der Waals surface area contributed by atoms with E-state index >= 15 is 0 Å². The highest BCUT2D eigenvalue weighted by molar-refractivity contribution is 9.11. The number of ketones is 1. The van der Waals surface area contributed by atoms with Gasteiger partial charge in [-0.25, -0.2) is 0 Å². The Bertz CT molecular complexity index is 922. The van der Waals surface area contributed by atoms with E-state index in [0.717, 1.165) is 26.6 Å². The molecule has 140 valence electrons. The second-order valence-corrected chi connectivity index (χ2v) is 8.24. The third kappa shape index (κ3) is 5.52. The molecular weight excluding hydrogens is 490 g/mol. The Hall–Kier alpha value is -1.46. The molecule has 0 amide bonds. The summed E-state index contributed by atoms with van der Waals surface area (Å²) in [5.74, 6) is 0.0113. The molecular formula is C22H20Br2ClNO. The normalized spacial score (nSPS) is 10.6. The van der Waals surface area contributed by atoms with Crippen LogP contribution in [0.5, 0.6) is 0 Å². The average Bonchev–Trinajstić information content (AvgIpc) is 2.61. The van der Waals surface area contributed by atoms with E-state index in [4.69, 9.17) is 0 Å². The van der Waals surface area contributed by atoms with Crippen LogP contribution in [0, 0.1) is 0 Å². The molecule has 0 aliphatic rings. The van der Waals surface area contributed by atoms with E-state index < -0.39 is 0 Å². The lowest BCUT2D eigenvalue weighted by atomic mass is 9.99. The van der Waals surface area contributed by atoms with E-state index in [0.29, 0.717) is 11.1 Å². The largest absolute Gasteiger partial charge is 0.305 e. The van der Waals surface area contributed by atoms with E-state index in [-0.39, 0.29) is 18.2 Å². The van der Waals surface area contributed by atoms with Gasteiger partial charge in [0.15, 0.2) is 5.78 Å². The summed E-state index contributed by atoms with van der Waals surface area (Å²) in [6, 6.07) is 21.9. The molecule has 27 heavy (non-hydrogen) atoms. The van der Waals surface area contributed by atoms with Gasteiger partial charge >= 0.3 is 0 Å². The highest BCUT2D eigenvalue weighted by Crippen LogP contribution is 2.26. The van der Waals surface area contributed by atoms with Gasteiger partial charge < -0.3 is 4.90 Å². The summed E-state index contributed by atoms with van der Waals surface area (Å²) < 4.78 is 1.73. The quantitative estimate of drug-likeness (QED) is 0.362. The minimum atomic E-state index is 0. The molecule has 0 atom stereocenters. The zero-order valence-electron chi connectivity index (χ0n) is 15.1. The summed E-state index contributed by atoms with van der Waals surface area (Å²) in [7, 11) is 4.13. The van der Waals surface area contributed by atoms with Crippen LogP contribution in [-0.4, -0.2) is 24.8 Å². The molecule has 0 bridgehead atoms. The van der Waals surface area contributed by atoms with Gasteiger partial charge in [0.05, 0.1) is 0 Å². The van der Waals surface area contributed by atoms with E-state index in [1.165, 1.54) is 5.56 Å². The minimum Gasteiger partial charge on any atom is -0.305 e. The molecule has 0 unspecified atom stereocenters. The molecule has 0 saturated heterocycles. The molecule has 3 aromatic carbocycles. The van der Waals surface area contributed by atoms with Gasteiger partial charge in [-0.05, 0) is 64.9 Å². The van der Waals surface area contributed by atoms with Crippen molar-refractivity contribution in [1.29, 1.82) is 0 Å². The number of hydrogen-bond donors (Lipinski definition) is 0. The van der Waals surface area contributed by atoms with Crippen LogP contribution < -0.4 is 0 Å². The number of carbonyl (C=O) groups is 1. The van der Waals surface area contributed by atoms with E-state index in [9.17, 15) is 4.79 Å². The monoisotopic (exact) mass is 507 g/mol. The maximum atomic E-state index is 12.7. The second-order valence-electron chi connectivity index (χ2n) is 6.47. The molecule has 5 heteroatoms. The van der Waals surface area contributed by atoms with Crippen molar-refractivity contribution in [3.05, 3.63) is 92.4 Å². The standard InChI is InChI=1S/C22H19Br2NO.ClH/c1-25(2)14-15-3-5-16(6-4-15)17-7-9-18(10-8-17)22(26)20-12-11-19(23)13-21(20)24;/h3-13H,14H2,1-2H3;1H. The van der Waals surface area contributed by atoms with Crippen LogP contribution in [-0.2, 0) is 6.54 Å². The lowest BCUT2D eigenvalue weighted by Gasteiger charge is -2.10. The number of benzene rings is 3. The van der Waals surface area contributed by atoms with Crippen molar-refractivity contribution in [3.63, 3.8) is 0 Å². The van der Waals surface area contributed by atoms with Crippen molar-refractivity contribution in [3.8, 4) is 11.1 Å². The Balaban J connectivity index is 0.00000261. The van der Waals surface area contributed by atoms with Crippen molar-refractivity contribution in [2.24, 2.45) is 0 Å². The zero-order valence-corrected chi connectivity index (χ0v) is 19.1. The van der Waals surface area contributed by atoms with Gasteiger partial charge in [0, 0.05) is 26.6 Å². The van der Waals surface area contributed by atoms with Crippen LogP contribution >= 0.6 is 44.3 Å². The fourth-order valence-corrected chi connectivity index (χ4v) is 4.04. The number of rotatable bonds is 5. The zero-order chi connectivity index (χ0) is 18.7. The Kier molecular flexibility index (Phi) is 7.80. The fraction of sp³-hybridized carbons (Fsp3) is 0.136. The number of carbonyl (C=O) groups excluding carboxylic acids is 1. The smallest absolute Gasteiger partial charge is 0.194 e. The molecule has 0 saturated carbocycles. The van der Waals surface area contributed by atoms with Gasteiger partial charge in [0.1, 0.15) is 0 Å². The summed E-state index contributed by atoms with van der Waals surface area (Å²) >= 11 is 6.88. The van der Waals surface area contributed by atoms with E-state index in [1.807, 2.05) is 42.5 Å². The van der Waals surface area contributed by atoms with Crippen molar-refractivity contribution >= 4 is 50.1 Å². The third-order valence-corrected chi connectivity index (χ3v) is 5.26. The van der Waals surface area contributed by atoms with Crippen LogP contribution in [0.3, 0.4) is 0 Å². The average molecular weight is 510 g/mol. The van der Waals surface area contributed by atoms with Crippen LogP contribution in [0.25, 0.3) is 11.1 Å². The predicted octanol–water partition coefficient (Wildman–Crippen LogP) is 6.59. The molecule has 0 aliphatic heterocycles. The number of hydrogen-bond acceptors (Lipinski definition) is 2. The molecule has 0 aromatic heterocycles. The molecule has 2 nitrogen and oxygen atoms in total. The van der Waals surface area contributed by atoms with Crippen molar-refractivity contribution < 1.29 is 4.79 Å². The van der Waals surface area contributed by atoms with Gasteiger partial charge in [-0.15, -0.1) is 12.4 Å². The molecule has 0 radical (unpaired) electrons. The number of nitrogens with zero attached hydrogens (tertiary/aromatic N) is 1. The van der Waals surface area contributed by atoms with Crippen LogP contribution in [0.2, 0.25) is 0 Å². The van der Waals surface area contributed by atoms with Crippen LogP contribution in [0.1, 0.15) is 21.5 Å². The number of halogens is 3. The maximum Gasteiger partial charge on any atom is 0.194 e. The van der Waals surface area contributed by atoms with Crippen molar-refractivity contribution in [1.82, 2.24) is 4.90 Å². The van der Waals surface area contributed by atoms with Crippen LogP contribution in [0.4, 0.5) is 0 Å². The summed E-state index contributed by atoms with van der Waals surface area (Å²) in [4.78, 5) is 14.9. The Labute approximate surface area is 183 Å². The second kappa shape index (κ2) is 9.65. The summed E-state index contributed by atoms with van der Waals surface area (Å²) in [5.41, 5.74) is 4.88. The predicted molar refractivity (Wildman–Crippen MR) is 122 cm³/mol. The SMILES string of the molecule is CN(C)Cc1ccc(-c2ccc(C(=O)c3ccc(Br)cc3Br)cc2)cc1.Cl. The van der Waals surface area contributed by atoms with Gasteiger partial charge in [0.25, 0.3) is 0 Å². The summed E-state index contributed by atoms with van der Waals surface area (Å²) in [5, 5.41) is 0. The summed E-state index contributed by atoms with van der Waals surface area (Å²) in [6.45, 7) is 0.926. The molecule has 0 N–H and O–H groups in total. The fourth-order valence-electron chi connectivity index (χ4n) is 2.81. The molecule has 0 fully saturated rings. The van der Waals surface area contributed by atoms with Gasteiger partial charge in [-0.2, -0.15) is 0 Å². The van der Waals surface area contributed by atoms with Gasteiger partial charge in [-0.1, -0.05) is 64.5 Å². The first-order valence-electron chi connectivity index (χ1n) is 8.28. The Morgan fingerprint density at radius 3 is 1.93 bits per heavy atom. The highest BCUT2D eigenvalue weighted by Gasteiger charge is 2.13. The highest BCUT2D eigenvalue weighted by atomic mass is 79.9. The summed E-state index contributed by atoms with van der Waals surface area (Å²) in [6.07, 6.45) is 0. The molecule has 0 aliphatic carbocycles. The van der Waals surface area contributed by atoms with E-state index in [2.05, 4.69) is 75.1 Å². The van der Waals surface area contributed by atoms with Gasteiger partial charge in [-0.3, -0.25) is 4.79 Å². The lowest BCUT2D eigenvalue weighted by Crippen LogP contribution is -2.10. The topological polar surface area (TPSA) is 20.3 Å². The molecule has 0 spiro atoms. The molecule has 3 rings (SSSR count). The third-order valence-electron chi connectivity index (χ3n) is 4.11. The Morgan fingerprint density at radius 1 is 0.852 bits per heavy atom. The van der Waals surface area contributed by atoms with E-state index in [1.54, 1.807) is 0 Å². The lowest BCUT2D eigenvalue weighted by molar-refractivity contribution is 0.103. The first kappa shape index (κ1) is 21.8. The molecule has 3 aromatic rings. The minimum absolute atomic E-state index is 0. The van der Waals surface area contributed by atoms with Crippen molar-refractivity contribution in [2.75, 3.05) is 14.1 Å². The van der Waals surface area contributed by atoms with Crippen LogP contribution in [0.15, 0.2) is 75.7 Å². The van der Waals surface area contributed by atoms with Crippen molar-refractivity contribution in [2.45, 2.75) is 6.54 Å². The first-order valence-corrected chi connectivity index (χ1v) is 9.86. The van der Waals surface area contributed by atoms with Gasteiger partial charge in [0.2, 0.25) is 0 Å². The first-order chi connectivity index (χ1) is 12.4. The maximum absolute atomic E-state index is 12.7. The molecule has 0 heterocycles.